The first-order chi connectivity index (χ1) is 13.4. The van der Waals surface area contributed by atoms with E-state index in [1.807, 2.05) is 0 Å². The Bertz CT molecular complexity index is 1010. The van der Waals surface area contributed by atoms with Crippen LogP contribution in [0.25, 0.3) is 0 Å². The standard InChI is InChI=1S/C20H21NO6S/c1-26-17(27-2)11-6-12-21-28(24,25)16-10-5-9-15-18(16)20(23)14-8-4-3-7-13(14)19(15)22/h3-5,7-10,17,21H,6,11-12H2,1-2H3. The van der Waals surface area contributed by atoms with Gasteiger partial charge in [-0.15, -0.1) is 0 Å². The lowest BCUT2D eigenvalue weighted by molar-refractivity contribution is -0.106. The minimum Gasteiger partial charge on any atom is -0.356 e. The van der Waals surface area contributed by atoms with Crippen molar-refractivity contribution in [3.05, 3.63) is 64.7 Å². The van der Waals surface area contributed by atoms with Crippen molar-refractivity contribution in [2.75, 3.05) is 20.8 Å². The van der Waals surface area contributed by atoms with Crippen molar-refractivity contribution < 1.29 is 27.5 Å². The second-order valence-electron chi connectivity index (χ2n) is 6.32. The number of methoxy groups -OCH3 is 2. The Labute approximate surface area is 163 Å². The summed E-state index contributed by atoms with van der Waals surface area (Å²) in [4.78, 5) is 25.5. The van der Waals surface area contributed by atoms with E-state index in [0.717, 1.165) is 0 Å². The Hall–Kier alpha value is -2.39. The Kier molecular flexibility index (Phi) is 6.04. The zero-order chi connectivity index (χ0) is 20.3. The number of carbonyl (C=O) groups excluding carboxylic acids is 2. The van der Waals surface area contributed by atoms with Gasteiger partial charge >= 0.3 is 0 Å². The molecule has 28 heavy (non-hydrogen) atoms. The number of ether oxygens (including phenoxy) is 2. The maximum Gasteiger partial charge on any atom is 0.241 e. The summed E-state index contributed by atoms with van der Waals surface area (Å²) in [6.45, 7) is 0.147. The van der Waals surface area contributed by atoms with Crippen LogP contribution in [0.3, 0.4) is 0 Å². The quantitative estimate of drug-likeness (QED) is 0.457. The van der Waals surface area contributed by atoms with Crippen LogP contribution < -0.4 is 4.72 Å². The Morgan fingerprint density at radius 3 is 2.14 bits per heavy atom. The minimum absolute atomic E-state index is 0.0784. The molecule has 0 spiro atoms. The van der Waals surface area contributed by atoms with Crippen molar-refractivity contribution in [2.45, 2.75) is 24.0 Å². The number of sulfonamides is 1. The first kappa shape index (κ1) is 20.3. The molecule has 0 aromatic heterocycles. The molecule has 1 aliphatic carbocycles. The summed E-state index contributed by atoms with van der Waals surface area (Å²) in [5.41, 5.74) is 0.522. The summed E-state index contributed by atoms with van der Waals surface area (Å²) in [5.74, 6) is -0.824. The van der Waals surface area contributed by atoms with E-state index in [0.29, 0.717) is 12.8 Å². The number of fused-ring (bicyclic) bond motifs is 2. The van der Waals surface area contributed by atoms with Gasteiger partial charge in [-0.3, -0.25) is 9.59 Å². The lowest BCUT2D eigenvalue weighted by Crippen LogP contribution is -2.30. The Morgan fingerprint density at radius 2 is 1.50 bits per heavy atom. The highest BCUT2D eigenvalue weighted by atomic mass is 32.2. The van der Waals surface area contributed by atoms with Crippen molar-refractivity contribution in [3.8, 4) is 0 Å². The van der Waals surface area contributed by atoms with Crippen LogP contribution in [-0.4, -0.2) is 47.0 Å². The normalized spacial score (nSPS) is 13.5. The predicted molar refractivity (Wildman–Crippen MR) is 102 cm³/mol. The van der Waals surface area contributed by atoms with E-state index in [1.54, 1.807) is 18.2 Å². The Balaban J connectivity index is 1.88. The van der Waals surface area contributed by atoms with Gasteiger partial charge in [-0.2, -0.15) is 0 Å². The molecule has 0 fully saturated rings. The molecule has 0 atom stereocenters. The number of hydrogen-bond acceptors (Lipinski definition) is 6. The minimum atomic E-state index is -3.98. The topological polar surface area (TPSA) is 98.8 Å². The van der Waals surface area contributed by atoms with Crippen LogP contribution in [0.4, 0.5) is 0 Å². The van der Waals surface area contributed by atoms with E-state index in [1.165, 1.54) is 38.5 Å². The van der Waals surface area contributed by atoms with E-state index < -0.39 is 22.1 Å². The van der Waals surface area contributed by atoms with Crippen LogP contribution in [0.15, 0.2) is 47.4 Å². The summed E-state index contributed by atoms with van der Waals surface area (Å²) in [6, 6.07) is 10.7. The summed E-state index contributed by atoms with van der Waals surface area (Å²) in [7, 11) is -0.959. The molecule has 0 heterocycles. The Morgan fingerprint density at radius 1 is 0.893 bits per heavy atom. The molecule has 8 heteroatoms. The number of nitrogens with one attached hydrogen (secondary N) is 1. The fourth-order valence-corrected chi connectivity index (χ4v) is 4.52. The molecule has 0 saturated carbocycles. The van der Waals surface area contributed by atoms with Crippen molar-refractivity contribution >= 4 is 21.6 Å². The maximum atomic E-state index is 12.9. The molecule has 3 rings (SSSR count). The fraction of sp³-hybridized carbons (Fsp3) is 0.300. The number of hydrogen-bond donors (Lipinski definition) is 1. The van der Waals surface area contributed by atoms with Crippen LogP contribution in [0.1, 0.15) is 44.7 Å². The molecule has 1 aliphatic rings. The average Bonchev–Trinajstić information content (AvgIpc) is 2.71. The van der Waals surface area contributed by atoms with E-state index in [4.69, 9.17) is 9.47 Å². The van der Waals surface area contributed by atoms with Gasteiger partial charge in [0.15, 0.2) is 17.9 Å². The second kappa shape index (κ2) is 8.32. The number of rotatable bonds is 8. The van der Waals surface area contributed by atoms with Gasteiger partial charge in [-0.25, -0.2) is 13.1 Å². The molecule has 0 radical (unpaired) electrons. The van der Waals surface area contributed by atoms with Gasteiger partial charge < -0.3 is 9.47 Å². The van der Waals surface area contributed by atoms with E-state index in [2.05, 4.69) is 4.72 Å². The average molecular weight is 403 g/mol. The lowest BCUT2D eigenvalue weighted by atomic mass is 9.84. The van der Waals surface area contributed by atoms with Crippen LogP contribution >= 0.6 is 0 Å². The highest BCUT2D eigenvalue weighted by Crippen LogP contribution is 2.31. The van der Waals surface area contributed by atoms with Crippen molar-refractivity contribution in [3.63, 3.8) is 0 Å². The van der Waals surface area contributed by atoms with E-state index in [-0.39, 0.29) is 39.5 Å². The predicted octanol–water partition coefficient (Wildman–Crippen LogP) is 2.14. The fourth-order valence-electron chi connectivity index (χ4n) is 3.22. The monoisotopic (exact) mass is 403 g/mol. The maximum absolute atomic E-state index is 12.9. The SMILES string of the molecule is COC(CCCNS(=O)(=O)c1cccc2c1C(=O)c1ccccc1C2=O)OC. The lowest BCUT2D eigenvalue weighted by Gasteiger charge is -2.20. The van der Waals surface area contributed by atoms with Gasteiger partial charge in [0.1, 0.15) is 0 Å². The molecule has 0 saturated heterocycles. The number of ketones is 2. The zero-order valence-electron chi connectivity index (χ0n) is 15.6. The molecule has 0 amide bonds. The van der Waals surface area contributed by atoms with Crippen molar-refractivity contribution in [2.24, 2.45) is 0 Å². The summed E-state index contributed by atoms with van der Waals surface area (Å²) in [5, 5.41) is 0. The van der Waals surface area contributed by atoms with Crippen molar-refractivity contribution in [1.82, 2.24) is 4.72 Å². The summed E-state index contributed by atoms with van der Waals surface area (Å²) in [6.07, 6.45) is 0.577. The first-order valence-electron chi connectivity index (χ1n) is 8.77. The van der Waals surface area contributed by atoms with Gasteiger partial charge in [-0.05, 0) is 18.9 Å². The third-order valence-corrected chi connectivity index (χ3v) is 6.14. The third kappa shape index (κ3) is 3.77. The number of carbonyl (C=O) groups is 2. The molecular formula is C20H21NO6S. The molecular weight excluding hydrogens is 382 g/mol. The van der Waals surface area contributed by atoms with Crippen LogP contribution in [-0.2, 0) is 19.5 Å². The van der Waals surface area contributed by atoms with Crippen LogP contribution in [0, 0.1) is 0 Å². The molecule has 0 bridgehead atoms. The van der Waals surface area contributed by atoms with E-state index in [9.17, 15) is 18.0 Å². The van der Waals surface area contributed by atoms with Gasteiger partial charge in [0.25, 0.3) is 0 Å². The highest BCUT2D eigenvalue weighted by molar-refractivity contribution is 7.89. The van der Waals surface area contributed by atoms with Crippen LogP contribution in [0.5, 0.6) is 0 Å². The van der Waals surface area contributed by atoms with Gasteiger partial charge in [0.05, 0.1) is 10.5 Å². The number of benzene rings is 2. The van der Waals surface area contributed by atoms with E-state index >= 15 is 0 Å². The van der Waals surface area contributed by atoms with Gasteiger partial charge in [0, 0.05) is 37.5 Å². The molecule has 1 N–H and O–H groups in total. The third-order valence-electron chi connectivity index (χ3n) is 4.64. The highest BCUT2D eigenvalue weighted by Gasteiger charge is 2.34. The van der Waals surface area contributed by atoms with Gasteiger partial charge in [0.2, 0.25) is 10.0 Å². The van der Waals surface area contributed by atoms with Gasteiger partial charge in [-0.1, -0.05) is 36.4 Å². The summed E-state index contributed by atoms with van der Waals surface area (Å²) >= 11 is 0. The molecule has 0 aliphatic heterocycles. The summed E-state index contributed by atoms with van der Waals surface area (Å²) < 4.78 is 38.3. The molecule has 148 valence electrons. The largest absolute Gasteiger partial charge is 0.356 e. The molecule has 0 unspecified atom stereocenters. The first-order valence-corrected chi connectivity index (χ1v) is 10.3. The second-order valence-corrected chi connectivity index (χ2v) is 8.06. The molecule has 2 aromatic rings. The molecule has 7 nitrogen and oxygen atoms in total. The van der Waals surface area contributed by atoms with Crippen molar-refractivity contribution in [1.29, 1.82) is 0 Å². The zero-order valence-corrected chi connectivity index (χ0v) is 16.4. The van der Waals surface area contributed by atoms with Crippen LogP contribution in [0.2, 0.25) is 0 Å². The smallest absolute Gasteiger partial charge is 0.241 e. The molecule has 2 aromatic carbocycles.